The third kappa shape index (κ3) is 4.82. The number of aromatic nitrogens is 1. The van der Waals surface area contributed by atoms with Crippen LogP contribution in [0.5, 0.6) is 0 Å². The molecule has 5 nitrogen and oxygen atoms in total. The number of amides is 1. The molecule has 1 atom stereocenters. The number of hydrogen-bond donors (Lipinski definition) is 2. The highest BCUT2D eigenvalue weighted by molar-refractivity contribution is 6.33. The Hall–Kier alpha value is -1.62. The quantitative estimate of drug-likeness (QED) is 0.846. The standard InChI is InChI=1S/C11H13ClN2O3/c1-7(5-11(16)17)4-10(15)14-9-6-13-3-2-8(9)12/h2-3,6-7H,4-5H2,1H3,(H,14,15)(H,16,17). The van der Waals surface area contributed by atoms with Crippen LogP contribution in [0.25, 0.3) is 0 Å². The fraction of sp³-hybridized carbons (Fsp3) is 0.364. The topological polar surface area (TPSA) is 79.3 Å². The van der Waals surface area contributed by atoms with Crippen molar-refractivity contribution in [1.82, 2.24) is 4.98 Å². The lowest BCUT2D eigenvalue weighted by molar-refractivity contribution is -0.138. The first-order valence-electron chi connectivity index (χ1n) is 5.10. The summed E-state index contributed by atoms with van der Waals surface area (Å²) >= 11 is 5.84. The second-order valence-corrected chi connectivity index (χ2v) is 4.22. The van der Waals surface area contributed by atoms with E-state index in [1.165, 1.54) is 12.4 Å². The van der Waals surface area contributed by atoms with Crippen molar-refractivity contribution in [2.24, 2.45) is 5.92 Å². The summed E-state index contributed by atoms with van der Waals surface area (Å²) in [5, 5.41) is 11.6. The van der Waals surface area contributed by atoms with Gasteiger partial charge < -0.3 is 10.4 Å². The molecule has 2 N–H and O–H groups in total. The summed E-state index contributed by atoms with van der Waals surface area (Å²) in [6, 6.07) is 1.57. The Morgan fingerprint density at radius 2 is 2.24 bits per heavy atom. The number of nitrogens with zero attached hydrogens (tertiary/aromatic N) is 1. The Balaban J connectivity index is 2.50. The van der Waals surface area contributed by atoms with Gasteiger partial charge in [0.15, 0.2) is 0 Å². The van der Waals surface area contributed by atoms with Crippen molar-refractivity contribution in [2.75, 3.05) is 5.32 Å². The van der Waals surface area contributed by atoms with Crippen LogP contribution in [0, 0.1) is 5.92 Å². The van der Waals surface area contributed by atoms with Gasteiger partial charge in [0, 0.05) is 19.0 Å². The molecule has 0 bridgehead atoms. The molecule has 0 spiro atoms. The minimum atomic E-state index is -0.912. The smallest absolute Gasteiger partial charge is 0.303 e. The van der Waals surface area contributed by atoms with Crippen molar-refractivity contribution in [2.45, 2.75) is 19.8 Å². The molecule has 1 rings (SSSR count). The van der Waals surface area contributed by atoms with Crippen molar-refractivity contribution in [3.05, 3.63) is 23.5 Å². The van der Waals surface area contributed by atoms with Gasteiger partial charge in [0.2, 0.25) is 5.91 Å². The van der Waals surface area contributed by atoms with Gasteiger partial charge in [-0.2, -0.15) is 0 Å². The van der Waals surface area contributed by atoms with E-state index in [1.54, 1.807) is 13.0 Å². The summed E-state index contributed by atoms with van der Waals surface area (Å²) in [6.07, 6.45) is 3.07. The second kappa shape index (κ2) is 6.20. The van der Waals surface area contributed by atoms with Gasteiger partial charge in [-0.1, -0.05) is 18.5 Å². The first-order valence-corrected chi connectivity index (χ1v) is 5.48. The molecule has 0 aromatic carbocycles. The lowest BCUT2D eigenvalue weighted by Gasteiger charge is -2.09. The fourth-order valence-electron chi connectivity index (χ4n) is 1.36. The number of rotatable bonds is 5. The van der Waals surface area contributed by atoms with Gasteiger partial charge in [-0.15, -0.1) is 0 Å². The minimum Gasteiger partial charge on any atom is -0.481 e. The Bertz CT molecular complexity index is 423. The molecular formula is C11H13ClN2O3. The lowest BCUT2D eigenvalue weighted by Crippen LogP contribution is -2.17. The molecule has 0 aliphatic rings. The van der Waals surface area contributed by atoms with Crippen molar-refractivity contribution >= 4 is 29.2 Å². The first-order chi connectivity index (χ1) is 7.99. The van der Waals surface area contributed by atoms with E-state index in [-0.39, 0.29) is 24.7 Å². The highest BCUT2D eigenvalue weighted by Gasteiger charge is 2.13. The summed E-state index contributed by atoms with van der Waals surface area (Å²) < 4.78 is 0. The van der Waals surface area contributed by atoms with Crippen molar-refractivity contribution in [3.8, 4) is 0 Å². The van der Waals surface area contributed by atoms with Gasteiger partial charge in [-0.25, -0.2) is 0 Å². The number of halogens is 1. The third-order valence-corrected chi connectivity index (χ3v) is 2.43. The van der Waals surface area contributed by atoms with E-state index in [4.69, 9.17) is 16.7 Å². The van der Waals surface area contributed by atoms with E-state index in [9.17, 15) is 9.59 Å². The molecule has 1 unspecified atom stereocenters. The van der Waals surface area contributed by atoms with Crippen LogP contribution in [0.4, 0.5) is 5.69 Å². The Morgan fingerprint density at radius 3 is 2.82 bits per heavy atom. The molecule has 1 amide bonds. The summed E-state index contributed by atoms with van der Waals surface area (Å²) in [7, 11) is 0. The second-order valence-electron chi connectivity index (χ2n) is 3.81. The van der Waals surface area contributed by atoms with Crippen LogP contribution in [-0.2, 0) is 9.59 Å². The van der Waals surface area contributed by atoms with Crippen LogP contribution in [0.15, 0.2) is 18.5 Å². The number of anilines is 1. The van der Waals surface area contributed by atoms with Crippen LogP contribution in [0.2, 0.25) is 5.02 Å². The maximum atomic E-state index is 11.6. The third-order valence-electron chi connectivity index (χ3n) is 2.10. The average Bonchev–Trinajstić information content (AvgIpc) is 2.19. The molecule has 0 aliphatic carbocycles. The average molecular weight is 257 g/mol. The summed E-state index contributed by atoms with van der Waals surface area (Å²) in [6.45, 7) is 1.71. The van der Waals surface area contributed by atoms with Crippen LogP contribution < -0.4 is 5.32 Å². The highest BCUT2D eigenvalue weighted by atomic mass is 35.5. The largest absolute Gasteiger partial charge is 0.481 e. The zero-order valence-corrected chi connectivity index (χ0v) is 10.1. The number of carboxylic acid groups (broad SMARTS) is 1. The van der Waals surface area contributed by atoms with Crippen LogP contribution in [-0.4, -0.2) is 22.0 Å². The molecule has 17 heavy (non-hydrogen) atoms. The maximum absolute atomic E-state index is 11.6. The predicted molar refractivity (Wildman–Crippen MR) is 63.9 cm³/mol. The lowest BCUT2D eigenvalue weighted by atomic mass is 10.0. The maximum Gasteiger partial charge on any atom is 0.303 e. The molecule has 1 aromatic rings. The number of hydrogen-bond acceptors (Lipinski definition) is 3. The van der Waals surface area contributed by atoms with Crippen LogP contribution in [0.3, 0.4) is 0 Å². The Morgan fingerprint density at radius 1 is 1.53 bits per heavy atom. The Labute approximate surface area is 104 Å². The number of nitrogens with one attached hydrogen (secondary N) is 1. The molecule has 0 radical (unpaired) electrons. The monoisotopic (exact) mass is 256 g/mol. The van der Waals surface area contributed by atoms with Gasteiger partial charge in [-0.05, 0) is 12.0 Å². The summed E-state index contributed by atoms with van der Waals surface area (Å²) in [5.41, 5.74) is 0.432. The van der Waals surface area contributed by atoms with Gasteiger partial charge in [0.05, 0.1) is 16.9 Å². The molecule has 0 fully saturated rings. The van der Waals surface area contributed by atoms with E-state index in [2.05, 4.69) is 10.3 Å². The molecule has 0 saturated carbocycles. The van der Waals surface area contributed by atoms with Gasteiger partial charge >= 0.3 is 5.97 Å². The number of pyridine rings is 1. The number of aliphatic carboxylic acids is 1. The minimum absolute atomic E-state index is 0.0335. The van der Waals surface area contributed by atoms with E-state index in [0.717, 1.165) is 0 Å². The zero-order valence-electron chi connectivity index (χ0n) is 9.31. The zero-order chi connectivity index (χ0) is 12.8. The fourth-order valence-corrected chi connectivity index (χ4v) is 1.51. The number of carbonyl (C=O) groups is 2. The predicted octanol–water partition coefficient (Wildman–Crippen LogP) is 2.17. The number of carbonyl (C=O) groups excluding carboxylic acids is 1. The molecule has 1 heterocycles. The van der Waals surface area contributed by atoms with Crippen molar-refractivity contribution in [3.63, 3.8) is 0 Å². The number of carboxylic acids is 1. The molecule has 1 aromatic heterocycles. The van der Waals surface area contributed by atoms with E-state index >= 15 is 0 Å². The van der Waals surface area contributed by atoms with E-state index in [0.29, 0.717) is 10.7 Å². The first kappa shape index (κ1) is 13.4. The van der Waals surface area contributed by atoms with Crippen molar-refractivity contribution in [1.29, 1.82) is 0 Å². The van der Waals surface area contributed by atoms with E-state index in [1.807, 2.05) is 0 Å². The van der Waals surface area contributed by atoms with Gasteiger partial charge in [0.1, 0.15) is 0 Å². The Kier molecular flexibility index (Phi) is 4.90. The molecule has 0 saturated heterocycles. The molecule has 0 aliphatic heterocycles. The molecule has 6 heteroatoms. The molecular weight excluding hydrogens is 244 g/mol. The summed E-state index contributed by atoms with van der Waals surface area (Å²) in [4.78, 5) is 25.8. The highest BCUT2D eigenvalue weighted by Crippen LogP contribution is 2.20. The molecule has 92 valence electrons. The van der Waals surface area contributed by atoms with E-state index < -0.39 is 5.97 Å². The van der Waals surface area contributed by atoms with Gasteiger partial charge in [-0.3, -0.25) is 14.6 Å². The van der Waals surface area contributed by atoms with Crippen LogP contribution >= 0.6 is 11.6 Å². The SMILES string of the molecule is CC(CC(=O)O)CC(=O)Nc1cnccc1Cl. The van der Waals surface area contributed by atoms with Crippen molar-refractivity contribution < 1.29 is 14.7 Å². The summed E-state index contributed by atoms with van der Waals surface area (Å²) in [5.74, 6) is -1.40. The van der Waals surface area contributed by atoms with Crippen LogP contribution in [0.1, 0.15) is 19.8 Å². The normalized spacial score (nSPS) is 11.9. The van der Waals surface area contributed by atoms with Gasteiger partial charge in [0.25, 0.3) is 0 Å².